The van der Waals surface area contributed by atoms with E-state index in [0.717, 1.165) is 4.88 Å². The molecule has 1 heterocycles. The predicted molar refractivity (Wildman–Crippen MR) is 78.3 cm³/mol. The van der Waals surface area contributed by atoms with Crippen molar-refractivity contribution in [3.8, 4) is 5.75 Å². The molecule has 0 N–H and O–H groups in total. The first-order valence-corrected chi connectivity index (χ1v) is 7.57. The molecule has 0 amide bonds. The Kier molecular flexibility index (Phi) is 5.68. The Labute approximate surface area is 126 Å². The van der Waals surface area contributed by atoms with Gasteiger partial charge in [-0.3, -0.25) is 0 Å². The monoisotopic (exact) mass is 309 g/mol. The zero-order chi connectivity index (χ0) is 15.1. The number of nitrogens with zero attached hydrogens (tertiary/aromatic N) is 1. The van der Waals surface area contributed by atoms with E-state index in [0.29, 0.717) is 31.7 Å². The van der Waals surface area contributed by atoms with Gasteiger partial charge in [0.15, 0.2) is 17.3 Å². The van der Waals surface area contributed by atoms with Crippen LogP contribution < -0.4 is 4.74 Å². The smallest absolute Gasteiger partial charge is 0.358 e. The molecule has 0 fully saturated rings. The molecule has 0 unspecified atom stereocenters. The Bertz CT molecular complexity index is 600. The molecule has 0 aliphatic rings. The fourth-order valence-electron chi connectivity index (χ4n) is 1.79. The first-order valence-electron chi connectivity index (χ1n) is 6.69. The van der Waals surface area contributed by atoms with E-state index in [1.54, 1.807) is 30.6 Å². The number of carbonyl (C=O) groups is 1. The van der Waals surface area contributed by atoms with Gasteiger partial charge in [-0.25, -0.2) is 14.2 Å². The molecule has 0 saturated carbocycles. The van der Waals surface area contributed by atoms with Crippen molar-refractivity contribution in [2.24, 2.45) is 0 Å². The second kappa shape index (κ2) is 7.73. The molecule has 2 rings (SSSR count). The number of rotatable bonds is 7. The van der Waals surface area contributed by atoms with Crippen LogP contribution >= 0.6 is 11.3 Å². The third kappa shape index (κ3) is 4.26. The number of benzene rings is 1. The molecule has 0 saturated heterocycles. The molecule has 4 nitrogen and oxygen atoms in total. The Morgan fingerprint density at radius 2 is 2.19 bits per heavy atom. The molecule has 6 heteroatoms. The van der Waals surface area contributed by atoms with E-state index >= 15 is 0 Å². The van der Waals surface area contributed by atoms with Gasteiger partial charge in [0.25, 0.3) is 0 Å². The van der Waals surface area contributed by atoms with Crippen molar-refractivity contribution in [2.75, 3.05) is 13.2 Å². The highest BCUT2D eigenvalue weighted by atomic mass is 32.1. The molecule has 0 bridgehead atoms. The lowest BCUT2D eigenvalue weighted by Gasteiger charge is -2.06. The van der Waals surface area contributed by atoms with E-state index in [-0.39, 0.29) is 11.6 Å². The van der Waals surface area contributed by atoms with Crippen LogP contribution in [-0.2, 0) is 11.2 Å². The molecule has 1 aromatic heterocycles. The fraction of sp³-hybridized carbons (Fsp3) is 0.333. The maximum atomic E-state index is 13.4. The number of hydrogen-bond donors (Lipinski definition) is 0. The van der Waals surface area contributed by atoms with E-state index < -0.39 is 5.97 Å². The summed E-state index contributed by atoms with van der Waals surface area (Å²) >= 11 is 1.41. The number of aromatic nitrogens is 1. The van der Waals surface area contributed by atoms with Crippen LogP contribution in [0.25, 0.3) is 0 Å². The van der Waals surface area contributed by atoms with Crippen LogP contribution in [-0.4, -0.2) is 24.2 Å². The van der Waals surface area contributed by atoms with Crippen LogP contribution in [0.5, 0.6) is 5.75 Å². The Morgan fingerprint density at radius 3 is 2.95 bits per heavy atom. The number of carbonyl (C=O) groups excluding carboxylic acids is 1. The highest BCUT2D eigenvalue weighted by Crippen LogP contribution is 2.18. The average molecular weight is 309 g/mol. The van der Waals surface area contributed by atoms with Crippen LogP contribution in [0.4, 0.5) is 4.39 Å². The molecular formula is C15H16FNO3S. The van der Waals surface area contributed by atoms with Crippen molar-refractivity contribution in [3.05, 3.63) is 46.2 Å². The Hall–Kier alpha value is -1.95. The summed E-state index contributed by atoms with van der Waals surface area (Å²) in [5.41, 5.74) is 1.99. The van der Waals surface area contributed by atoms with Crippen LogP contribution in [0.15, 0.2) is 29.8 Å². The van der Waals surface area contributed by atoms with Gasteiger partial charge < -0.3 is 9.47 Å². The number of hydrogen-bond acceptors (Lipinski definition) is 5. The number of esters is 1. The zero-order valence-corrected chi connectivity index (χ0v) is 12.5. The molecule has 0 spiro atoms. The average Bonchev–Trinajstić information content (AvgIpc) is 2.94. The van der Waals surface area contributed by atoms with Crippen molar-refractivity contribution in [2.45, 2.75) is 19.8 Å². The van der Waals surface area contributed by atoms with Crippen molar-refractivity contribution < 1.29 is 18.7 Å². The summed E-state index contributed by atoms with van der Waals surface area (Å²) in [4.78, 5) is 16.6. The fourth-order valence-corrected chi connectivity index (χ4v) is 2.59. The summed E-state index contributed by atoms with van der Waals surface area (Å²) in [5, 5.41) is 0. The minimum Gasteiger partial charge on any atom is -0.491 e. The van der Waals surface area contributed by atoms with Gasteiger partial charge in [-0.15, -0.1) is 11.3 Å². The molecule has 0 aliphatic carbocycles. The lowest BCUT2D eigenvalue weighted by atomic mass is 10.2. The maximum absolute atomic E-state index is 13.4. The second-order valence-electron chi connectivity index (χ2n) is 4.23. The predicted octanol–water partition coefficient (Wildman–Crippen LogP) is 3.47. The lowest BCUT2D eigenvalue weighted by Crippen LogP contribution is -2.08. The summed E-state index contributed by atoms with van der Waals surface area (Å²) < 4.78 is 23.7. The number of aryl methyl sites for hydroxylation is 1. The Balaban J connectivity index is 1.83. The third-order valence-electron chi connectivity index (χ3n) is 2.75. The maximum Gasteiger partial charge on any atom is 0.358 e. The van der Waals surface area contributed by atoms with Crippen LogP contribution in [0.2, 0.25) is 0 Å². The minimum absolute atomic E-state index is 0.243. The van der Waals surface area contributed by atoms with E-state index in [2.05, 4.69) is 4.98 Å². The second-order valence-corrected chi connectivity index (χ2v) is 5.17. The van der Waals surface area contributed by atoms with Crippen molar-refractivity contribution >= 4 is 17.3 Å². The van der Waals surface area contributed by atoms with Gasteiger partial charge in [0, 0.05) is 4.88 Å². The largest absolute Gasteiger partial charge is 0.491 e. The first-order chi connectivity index (χ1) is 10.2. The highest BCUT2D eigenvalue weighted by Gasteiger charge is 2.15. The first kappa shape index (κ1) is 15.4. The van der Waals surface area contributed by atoms with Crippen LogP contribution in [0, 0.1) is 5.82 Å². The van der Waals surface area contributed by atoms with E-state index in [1.165, 1.54) is 17.4 Å². The van der Waals surface area contributed by atoms with Gasteiger partial charge in [0.2, 0.25) is 0 Å². The number of thiazole rings is 1. The zero-order valence-electron chi connectivity index (χ0n) is 11.7. The molecule has 2 aromatic rings. The standard InChI is InChI=1S/C15H16FNO3S/c1-2-19-15(18)14-13(21-10-17-14)8-5-9-20-12-7-4-3-6-11(12)16/h3-4,6-7,10H,2,5,8-9H2,1H3. The van der Waals surface area contributed by atoms with Crippen molar-refractivity contribution in [1.82, 2.24) is 4.98 Å². The van der Waals surface area contributed by atoms with Gasteiger partial charge in [-0.05, 0) is 31.9 Å². The van der Waals surface area contributed by atoms with Gasteiger partial charge in [0.05, 0.1) is 18.7 Å². The SMILES string of the molecule is CCOC(=O)c1ncsc1CCCOc1ccccc1F. The normalized spacial score (nSPS) is 10.4. The quantitative estimate of drug-likeness (QED) is 0.580. The topological polar surface area (TPSA) is 48.4 Å². The Morgan fingerprint density at radius 1 is 1.38 bits per heavy atom. The molecule has 0 atom stereocenters. The lowest BCUT2D eigenvalue weighted by molar-refractivity contribution is 0.0519. The number of ether oxygens (including phenoxy) is 2. The van der Waals surface area contributed by atoms with Gasteiger partial charge in [-0.1, -0.05) is 12.1 Å². The molecule has 0 aliphatic heterocycles. The molecule has 0 radical (unpaired) electrons. The van der Waals surface area contributed by atoms with E-state index in [1.807, 2.05) is 0 Å². The third-order valence-corrected chi connectivity index (χ3v) is 3.64. The number of para-hydroxylation sites is 1. The van der Waals surface area contributed by atoms with Crippen LogP contribution in [0.3, 0.4) is 0 Å². The van der Waals surface area contributed by atoms with Gasteiger partial charge in [0.1, 0.15) is 0 Å². The highest BCUT2D eigenvalue weighted by molar-refractivity contribution is 7.09. The van der Waals surface area contributed by atoms with Gasteiger partial charge >= 0.3 is 5.97 Å². The summed E-state index contributed by atoms with van der Waals surface area (Å²) in [6, 6.07) is 6.29. The number of halogens is 1. The summed E-state index contributed by atoms with van der Waals surface area (Å²) in [6.07, 6.45) is 1.32. The van der Waals surface area contributed by atoms with E-state index in [9.17, 15) is 9.18 Å². The molecule has 1 aromatic carbocycles. The molecule has 21 heavy (non-hydrogen) atoms. The summed E-state index contributed by atoms with van der Waals surface area (Å²) in [6.45, 7) is 2.46. The summed E-state index contributed by atoms with van der Waals surface area (Å²) in [7, 11) is 0. The van der Waals surface area contributed by atoms with E-state index in [4.69, 9.17) is 9.47 Å². The van der Waals surface area contributed by atoms with Crippen molar-refractivity contribution in [3.63, 3.8) is 0 Å². The van der Waals surface area contributed by atoms with Crippen LogP contribution in [0.1, 0.15) is 28.7 Å². The minimum atomic E-state index is -0.399. The molecular weight excluding hydrogens is 293 g/mol. The summed E-state index contributed by atoms with van der Waals surface area (Å²) in [5.74, 6) is -0.529. The molecule has 112 valence electrons. The van der Waals surface area contributed by atoms with Crippen molar-refractivity contribution in [1.29, 1.82) is 0 Å². The van der Waals surface area contributed by atoms with Gasteiger partial charge in [-0.2, -0.15) is 0 Å².